The minimum Gasteiger partial charge on any atom is -0.349 e. The monoisotopic (exact) mass is 310 g/mol. The lowest BCUT2D eigenvalue weighted by Gasteiger charge is -2.31. The molecule has 1 aromatic heterocycles. The maximum absolute atomic E-state index is 11.9. The molecular formula is C12H24Cl2N4O. The number of aromatic amines is 1. The number of aromatic nitrogens is 2. The zero-order valence-electron chi connectivity index (χ0n) is 11.6. The maximum Gasteiger partial charge on any atom is 0.226 e. The molecular weight excluding hydrogens is 287 g/mol. The lowest BCUT2D eigenvalue weighted by Crippen LogP contribution is -2.52. The van der Waals surface area contributed by atoms with E-state index in [0.29, 0.717) is 18.9 Å². The van der Waals surface area contributed by atoms with Crippen molar-refractivity contribution in [2.75, 3.05) is 6.54 Å². The fourth-order valence-corrected chi connectivity index (χ4v) is 2.02. The van der Waals surface area contributed by atoms with Crippen molar-refractivity contribution in [2.24, 2.45) is 11.7 Å². The van der Waals surface area contributed by atoms with Crippen LogP contribution in [-0.4, -0.2) is 28.2 Å². The number of carbonyl (C=O) groups is 1. The molecule has 5 nitrogen and oxygen atoms in total. The summed E-state index contributed by atoms with van der Waals surface area (Å²) in [5, 5.41) is 9.58. The van der Waals surface area contributed by atoms with Gasteiger partial charge in [-0.05, 0) is 25.3 Å². The van der Waals surface area contributed by atoms with Gasteiger partial charge in [0, 0.05) is 24.0 Å². The third-order valence-electron chi connectivity index (χ3n) is 2.66. The number of H-pyrrole nitrogens is 1. The predicted octanol–water partition coefficient (Wildman–Crippen LogP) is 1.68. The molecule has 4 N–H and O–H groups in total. The molecule has 0 fully saturated rings. The molecule has 1 aromatic rings. The van der Waals surface area contributed by atoms with Gasteiger partial charge in [-0.1, -0.05) is 13.8 Å². The number of carbonyl (C=O) groups excluding carboxylic acids is 1. The van der Waals surface area contributed by atoms with E-state index in [2.05, 4.69) is 29.4 Å². The summed E-state index contributed by atoms with van der Waals surface area (Å²) in [4.78, 5) is 11.9. The SMILES string of the molecule is CC(C)CC(C)(CN)NC(=O)Cc1ccn[nH]1.Cl.Cl. The topological polar surface area (TPSA) is 83.8 Å². The third kappa shape index (κ3) is 7.40. The van der Waals surface area contributed by atoms with E-state index in [1.165, 1.54) is 0 Å². The van der Waals surface area contributed by atoms with Gasteiger partial charge in [-0.3, -0.25) is 9.89 Å². The quantitative estimate of drug-likeness (QED) is 0.747. The average Bonchev–Trinajstić information content (AvgIpc) is 2.68. The van der Waals surface area contributed by atoms with Gasteiger partial charge in [0.05, 0.1) is 6.42 Å². The van der Waals surface area contributed by atoms with Crippen LogP contribution in [0, 0.1) is 5.92 Å². The van der Waals surface area contributed by atoms with E-state index in [1.54, 1.807) is 12.3 Å². The molecule has 0 saturated carbocycles. The number of rotatable bonds is 6. The Kier molecular flexibility index (Phi) is 9.92. The van der Waals surface area contributed by atoms with Gasteiger partial charge in [0.2, 0.25) is 5.91 Å². The number of halogens is 2. The molecule has 0 aliphatic heterocycles. The Balaban J connectivity index is 0. The normalized spacial score (nSPS) is 13.1. The summed E-state index contributed by atoms with van der Waals surface area (Å²) >= 11 is 0. The lowest BCUT2D eigenvalue weighted by molar-refractivity contribution is -0.122. The molecule has 7 heteroatoms. The van der Waals surface area contributed by atoms with Gasteiger partial charge in [-0.15, -0.1) is 24.8 Å². The summed E-state index contributed by atoms with van der Waals surface area (Å²) in [6.07, 6.45) is 2.82. The second-order valence-electron chi connectivity index (χ2n) is 5.17. The Morgan fingerprint density at radius 3 is 2.58 bits per heavy atom. The highest BCUT2D eigenvalue weighted by Crippen LogP contribution is 2.15. The summed E-state index contributed by atoms with van der Waals surface area (Å²) in [7, 11) is 0. The van der Waals surface area contributed by atoms with Crippen LogP contribution in [0.2, 0.25) is 0 Å². The van der Waals surface area contributed by atoms with Crippen LogP contribution in [0.3, 0.4) is 0 Å². The first-order chi connectivity index (χ1) is 7.95. The van der Waals surface area contributed by atoms with E-state index in [1.807, 2.05) is 6.92 Å². The number of nitrogens with two attached hydrogens (primary N) is 1. The minimum atomic E-state index is -0.328. The molecule has 1 amide bonds. The second-order valence-corrected chi connectivity index (χ2v) is 5.17. The van der Waals surface area contributed by atoms with E-state index in [4.69, 9.17) is 5.73 Å². The zero-order chi connectivity index (χ0) is 12.9. The first-order valence-electron chi connectivity index (χ1n) is 5.94. The number of amides is 1. The summed E-state index contributed by atoms with van der Waals surface area (Å²) in [6, 6.07) is 1.79. The fourth-order valence-electron chi connectivity index (χ4n) is 2.02. The van der Waals surface area contributed by atoms with Crippen molar-refractivity contribution in [1.82, 2.24) is 15.5 Å². The van der Waals surface area contributed by atoms with Crippen LogP contribution in [0.1, 0.15) is 32.9 Å². The highest BCUT2D eigenvalue weighted by Gasteiger charge is 2.25. The molecule has 19 heavy (non-hydrogen) atoms. The molecule has 112 valence electrons. The van der Waals surface area contributed by atoms with Crippen LogP contribution in [0.5, 0.6) is 0 Å². The van der Waals surface area contributed by atoms with Gasteiger partial charge in [-0.25, -0.2) is 0 Å². The van der Waals surface area contributed by atoms with Crippen LogP contribution in [0.4, 0.5) is 0 Å². The van der Waals surface area contributed by atoms with Crippen molar-refractivity contribution in [3.63, 3.8) is 0 Å². The molecule has 0 spiro atoms. The zero-order valence-corrected chi connectivity index (χ0v) is 13.2. The molecule has 1 unspecified atom stereocenters. The number of hydrogen-bond acceptors (Lipinski definition) is 3. The number of nitrogens with zero attached hydrogens (tertiary/aromatic N) is 1. The highest BCUT2D eigenvalue weighted by atomic mass is 35.5. The Bertz CT molecular complexity index is 357. The van der Waals surface area contributed by atoms with Gasteiger partial charge < -0.3 is 11.1 Å². The van der Waals surface area contributed by atoms with Gasteiger partial charge in [0.15, 0.2) is 0 Å². The summed E-state index contributed by atoms with van der Waals surface area (Å²) in [5.74, 6) is 0.471. The molecule has 0 radical (unpaired) electrons. The third-order valence-corrected chi connectivity index (χ3v) is 2.66. The lowest BCUT2D eigenvalue weighted by atomic mass is 9.90. The molecule has 0 aliphatic carbocycles. The summed E-state index contributed by atoms with van der Waals surface area (Å²) in [6.45, 7) is 6.67. The van der Waals surface area contributed by atoms with E-state index in [9.17, 15) is 4.79 Å². The summed E-state index contributed by atoms with van der Waals surface area (Å²) in [5.41, 5.74) is 6.23. The molecule has 1 heterocycles. The predicted molar refractivity (Wildman–Crippen MR) is 81.8 cm³/mol. The van der Waals surface area contributed by atoms with E-state index < -0.39 is 0 Å². The highest BCUT2D eigenvalue weighted by molar-refractivity contribution is 5.85. The van der Waals surface area contributed by atoms with Crippen molar-refractivity contribution in [2.45, 2.75) is 39.2 Å². The molecule has 1 atom stereocenters. The Morgan fingerprint density at radius 2 is 2.16 bits per heavy atom. The van der Waals surface area contributed by atoms with Crippen LogP contribution in [-0.2, 0) is 11.2 Å². The van der Waals surface area contributed by atoms with Crippen LogP contribution in [0.15, 0.2) is 12.3 Å². The number of hydrogen-bond donors (Lipinski definition) is 3. The average molecular weight is 311 g/mol. The van der Waals surface area contributed by atoms with Crippen LogP contribution >= 0.6 is 24.8 Å². The Hall–Kier alpha value is -0.780. The van der Waals surface area contributed by atoms with E-state index in [0.717, 1.165) is 12.1 Å². The molecule has 1 rings (SSSR count). The first kappa shape index (κ1) is 20.5. The van der Waals surface area contributed by atoms with E-state index >= 15 is 0 Å². The van der Waals surface area contributed by atoms with Crippen LogP contribution < -0.4 is 11.1 Å². The number of nitrogens with one attached hydrogen (secondary N) is 2. The van der Waals surface area contributed by atoms with Crippen LogP contribution in [0.25, 0.3) is 0 Å². The molecule has 0 bridgehead atoms. The van der Waals surface area contributed by atoms with Crippen molar-refractivity contribution < 1.29 is 4.79 Å². The molecule has 0 aliphatic rings. The minimum absolute atomic E-state index is 0. The Labute approximate surface area is 126 Å². The van der Waals surface area contributed by atoms with Crippen molar-refractivity contribution in [1.29, 1.82) is 0 Å². The standard InChI is InChI=1S/C12H22N4O.2ClH/c1-9(2)7-12(3,8-13)15-11(17)6-10-4-5-14-16-10;;/h4-5,9H,6-8,13H2,1-3H3,(H,14,16)(H,15,17);2*1H. The van der Waals surface area contributed by atoms with Gasteiger partial charge in [0.1, 0.15) is 0 Å². The van der Waals surface area contributed by atoms with Crippen molar-refractivity contribution >= 4 is 30.7 Å². The van der Waals surface area contributed by atoms with Crippen molar-refractivity contribution in [3.05, 3.63) is 18.0 Å². The molecule has 0 aromatic carbocycles. The van der Waals surface area contributed by atoms with Gasteiger partial charge in [0.25, 0.3) is 0 Å². The first-order valence-corrected chi connectivity index (χ1v) is 5.94. The van der Waals surface area contributed by atoms with E-state index in [-0.39, 0.29) is 36.3 Å². The molecule has 0 saturated heterocycles. The summed E-state index contributed by atoms with van der Waals surface area (Å²) < 4.78 is 0. The fraction of sp³-hybridized carbons (Fsp3) is 0.667. The van der Waals surface area contributed by atoms with Gasteiger partial charge >= 0.3 is 0 Å². The second kappa shape index (κ2) is 9.18. The smallest absolute Gasteiger partial charge is 0.226 e. The Morgan fingerprint density at radius 1 is 1.53 bits per heavy atom. The largest absolute Gasteiger partial charge is 0.349 e. The maximum atomic E-state index is 11.9. The van der Waals surface area contributed by atoms with Crippen molar-refractivity contribution in [3.8, 4) is 0 Å². The van der Waals surface area contributed by atoms with Gasteiger partial charge in [-0.2, -0.15) is 5.10 Å².